The van der Waals surface area contributed by atoms with Crippen molar-refractivity contribution in [1.29, 1.82) is 0 Å². The SMILES string of the molecule is C[C@H]1CCCN(c2cc(N3CCN(c4ccccc4)CC3)nc(NC(=S)NCc3ccco3)n2)C1. The zero-order valence-electron chi connectivity index (χ0n) is 20.2. The molecule has 8 nitrogen and oxygen atoms in total. The summed E-state index contributed by atoms with van der Waals surface area (Å²) in [6, 6.07) is 16.5. The third-order valence-electron chi connectivity index (χ3n) is 6.63. The van der Waals surface area contributed by atoms with Crippen LogP contribution in [0.2, 0.25) is 0 Å². The molecular formula is C26H33N7OS. The Balaban J connectivity index is 1.31. The zero-order valence-corrected chi connectivity index (χ0v) is 21.0. The van der Waals surface area contributed by atoms with Gasteiger partial charge in [-0.05, 0) is 55.2 Å². The first-order valence-electron chi connectivity index (χ1n) is 12.4. The second kappa shape index (κ2) is 10.9. The van der Waals surface area contributed by atoms with Gasteiger partial charge in [0.25, 0.3) is 0 Å². The fourth-order valence-corrected chi connectivity index (χ4v) is 4.92. The molecule has 9 heteroatoms. The molecule has 5 rings (SSSR count). The normalized spacial score (nSPS) is 18.4. The molecule has 3 aromatic rings. The molecule has 0 saturated carbocycles. The van der Waals surface area contributed by atoms with Crippen LogP contribution in [0.15, 0.2) is 59.2 Å². The quantitative estimate of drug-likeness (QED) is 0.496. The number of hydrogen-bond donors (Lipinski definition) is 2. The fraction of sp³-hybridized carbons (Fsp3) is 0.423. The Morgan fingerprint density at radius 1 is 0.971 bits per heavy atom. The first-order valence-corrected chi connectivity index (χ1v) is 12.8. The van der Waals surface area contributed by atoms with Crippen LogP contribution < -0.4 is 25.3 Å². The number of aromatic nitrogens is 2. The maximum absolute atomic E-state index is 5.52. The van der Waals surface area contributed by atoms with Crippen LogP contribution in [0.3, 0.4) is 0 Å². The Hall–Kier alpha value is -3.33. The monoisotopic (exact) mass is 491 g/mol. The Morgan fingerprint density at radius 2 is 1.71 bits per heavy atom. The number of hydrogen-bond acceptors (Lipinski definition) is 7. The Labute approximate surface area is 212 Å². The highest BCUT2D eigenvalue weighted by molar-refractivity contribution is 7.80. The Morgan fingerprint density at radius 3 is 2.43 bits per heavy atom. The lowest BCUT2D eigenvalue weighted by Crippen LogP contribution is -2.47. The number of thiocarbonyl (C=S) groups is 1. The summed E-state index contributed by atoms with van der Waals surface area (Å²) in [7, 11) is 0. The standard InChI is InChI=1S/C26H33N7OS/c1-20-7-5-11-33(19-20)24-17-23(32-14-12-31(13-15-32)21-8-3-2-4-9-21)28-25(29-24)30-26(35)27-18-22-10-6-16-34-22/h2-4,6,8-10,16-17,20H,5,7,11-15,18-19H2,1H3,(H2,27,28,29,30,35)/t20-/m0/s1. The van der Waals surface area contributed by atoms with Gasteiger partial charge < -0.3 is 29.8 Å². The number of piperidine rings is 1. The van der Waals surface area contributed by atoms with Crippen molar-refractivity contribution in [2.24, 2.45) is 5.92 Å². The molecule has 2 N–H and O–H groups in total. The summed E-state index contributed by atoms with van der Waals surface area (Å²) in [6.45, 7) is 8.57. The number of anilines is 4. The second-order valence-electron chi connectivity index (χ2n) is 9.30. The molecule has 2 fully saturated rings. The van der Waals surface area contributed by atoms with Crippen molar-refractivity contribution >= 4 is 40.6 Å². The van der Waals surface area contributed by atoms with E-state index >= 15 is 0 Å². The summed E-state index contributed by atoms with van der Waals surface area (Å²) in [5, 5.41) is 6.85. The summed E-state index contributed by atoms with van der Waals surface area (Å²) in [5.41, 5.74) is 1.27. The highest BCUT2D eigenvalue weighted by Gasteiger charge is 2.23. The van der Waals surface area contributed by atoms with Crippen molar-refractivity contribution in [3.8, 4) is 0 Å². The molecule has 2 aromatic heterocycles. The summed E-state index contributed by atoms with van der Waals surface area (Å²) in [6.07, 6.45) is 4.10. The molecule has 0 radical (unpaired) electrons. The number of rotatable bonds is 6. The van der Waals surface area contributed by atoms with Crippen LogP contribution in [0, 0.1) is 5.92 Å². The lowest BCUT2D eigenvalue weighted by Gasteiger charge is -2.37. The van der Waals surface area contributed by atoms with E-state index in [-0.39, 0.29) is 0 Å². The van der Waals surface area contributed by atoms with Crippen LogP contribution in [-0.2, 0) is 6.54 Å². The van der Waals surface area contributed by atoms with Gasteiger partial charge in [0.2, 0.25) is 5.95 Å². The van der Waals surface area contributed by atoms with E-state index in [0.29, 0.717) is 23.5 Å². The van der Waals surface area contributed by atoms with Crippen molar-refractivity contribution in [3.05, 3.63) is 60.6 Å². The van der Waals surface area contributed by atoms with Gasteiger partial charge in [0, 0.05) is 51.0 Å². The molecule has 35 heavy (non-hydrogen) atoms. The van der Waals surface area contributed by atoms with E-state index in [1.54, 1.807) is 6.26 Å². The topological polar surface area (TPSA) is 72.7 Å². The van der Waals surface area contributed by atoms with E-state index in [9.17, 15) is 0 Å². The van der Waals surface area contributed by atoms with Crippen molar-refractivity contribution in [1.82, 2.24) is 15.3 Å². The minimum Gasteiger partial charge on any atom is -0.467 e. The summed E-state index contributed by atoms with van der Waals surface area (Å²) < 4.78 is 5.38. The van der Waals surface area contributed by atoms with Gasteiger partial charge in [-0.15, -0.1) is 0 Å². The maximum atomic E-state index is 5.52. The molecule has 0 spiro atoms. The van der Waals surface area contributed by atoms with Crippen LogP contribution in [-0.4, -0.2) is 54.3 Å². The lowest BCUT2D eigenvalue weighted by atomic mass is 10.0. The van der Waals surface area contributed by atoms with Crippen molar-refractivity contribution in [2.45, 2.75) is 26.3 Å². The van der Waals surface area contributed by atoms with Gasteiger partial charge in [0.15, 0.2) is 5.11 Å². The van der Waals surface area contributed by atoms with E-state index in [1.807, 2.05) is 12.1 Å². The predicted molar refractivity (Wildman–Crippen MR) is 145 cm³/mol. The van der Waals surface area contributed by atoms with Crippen LogP contribution >= 0.6 is 12.2 Å². The minimum atomic E-state index is 0.477. The van der Waals surface area contributed by atoms with Crippen molar-refractivity contribution in [2.75, 3.05) is 59.3 Å². The third-order valence-corrected chi connectivity index (χ3v) is 6.88. The first kappa shape index (κ1) is 23.4. The van der Waals surface area contributed by atoms with E-state index < -0.39 is 0 Å². The first-order chi connectivity index (χ1) is 17.1. The van der Waals surface area contributed by atoms with Gasteiger partial charge in [-0.1, -0.05) is 25.1 Å². The number of furan rings is 1. The largest absolute Gasteiger partial charge is 0.467 e. The average Bonchev–Trinajstić information content (AvgIpc) is 3.42. The molecule has 4 heterocycles. The van der Waals surface area contributed by atoms with Gasteiger partial charge in [-0.3, -0.25) is 0 Å². The van der Waals surface area contributed by atoms with Gasteiger partial charge in [-0.2, -0.15) is 9.97 Å². The second-order valence-corrected chi connectivity index (χ2v) is 9.71. The van der Waals surface area contributed by atoms with Crippen LogP contribution in [0.25, 0.3) is 0 Å². The van der Waals surface area contributed by atoms with E-state index in [1.165, 1.54) is 18.5 Å². The molecular weight excluding hydrogens is 458 g/mol. The minimum absolute atomic E-state index is 0.477. The van der Waals surface area contributed by atoms with Crippen molar-refractivity contribution in [3.63, 3.8) is 0 Å². The predicted octanol–water partition coefficient (Wildman–Crippen LogP) is 4.12. The van der Waals surface area contributed by atoms with Gasteiger partial charge in [0.05, 0.1) is 12.8 Å². The van der Waals surface area contributed by atoms with Crippen LogP contribution in [0.1, 0.15) is 25.5 Å². The molecule has 2 aliphatic rings. The Kier molecular flexibility index (Phi) is 7.32. The van der Waals surface area contributed by atoms with E-state index in [4.69, 9.17) is 26.6 Å². The number of para-hydroxylation sites is 1. The van der Waals surface area contributed by atoms with E-state index in [0.717, 1.165) is 56.7 Å². The third kappa shape index (κ3) is 6.03. The smallest absolute Gasteiger partial charge is 0.232 e. The summed E-state index contributed by atoms with van der Waals surface area (Å²) in [4.78, 5) is 16.9. The number of nitrogens with one attached hydrogen (secondary N) is 2. The fourth-order valence-electron chi connectivity index (χ4n) is 4.76. The highest BCUT2D eigenvalue weighted by Crippen LogP contribution is 2.27. The van der Waals surface area contributed by atoms with Crippen LogP contribution in [0.5, 0.6) is 0 Å². The molecule has 0 unspecified atom stereocenters. The summed E-state index contributed by atoms with van der Waals surface area (Å²) >= 11 is 5.52. The number of nitrogens with zero attached hydrogens (tertiary/aromatic N) is 5. The molecule has 184 valence electrons. The zero-order chi connectivity index (χ0) is 24.0. The highest BCUT2D eigenvalue weighted by atomic mass is 32.1. The molecule has 2 aliphatic heterocycles. The number of piperazine rings is 1. The molecule has 1 aromatic carbocycles. The van der Waals surface area contributed by atoms with Gasteiger partial charge in [-0.25, -0.2) is 0 Å². The lowest BCUT2D eigenvalue weighted by molar-refractivity contribution is 0.444. The molecule has 0 aliphatic carbocycles. The summed E-state index contributed by atoms with van der Waals surface area (Å²) in [5.74, 6) is 3.91. The van der Waals surface area contributed by atoms with Crippen molar-refractivity contribution < 1.29 is 4.42 Å². The maximum Gasteiger partial charge on any atom is 0.232 e. The number of benzene rings is 1. The molecule has 0 bridgehead atoms. The molecule has 1 atom stereocenters. The van der Waals surface area contributed by atoms with Crippen LogP contribution in [0.4, 0.5) is 23.3 Å². The van der Waals surface area contributed by atoms with Gasteiger partial charge in [0.1, 0.15) is 17.4 Å². The molecule has 2 saturated heterocycles. The van der Waals surface area contributed by atoms with Gasteiger partial charge >= 0.3 is 0 Å². The van der Waals surface area contributed by atoms with E-state index in [2.05, 4.69) is 68.7 Å². The Bertz CT molecular complexity index is 1100. The average molecular weight is 492 g/mol. The molecule has 0 amide bonds.